The van der Waals surface area contributed by atoms with E-state index < -0.39 is 0 Å². The summed E-state index contributed by atoms with van der Waals surface area (Å²) in [5.74, 6) is 1.41. The number of fused-ring (bicyclic) bond motifs is 1. The molecule has 0 spiro atoms. The number of likely N-dealkylation sites (N-methyl/N-ethyl adjacent to an activating group) is 1. The summed E-state index contributed by atoms with van der Waals surface area (Å²) < 4.78 is 15.8. The summed E-state index contributed by atoms with van der Waals surface area (Å²) in [6, 6.07) is 6.85. The van der Waals surface area contributed by atoms with Gasteiger partial charge in [-0.2, -0.15) is 0 Å². The molecule has 24 heavy (non-hydrogen) atoms. The average molecular weight is 330 g/mol. The Morgan fingerprint density at radius 2 is 2.00 bits per heavy atom. The van der Waals surface area contributed by atoms with Crippen LogP contribution in [0.2, 0.25) is 0 Å². The SMILES string of the molecule is CC(=O)c1cc2c(cc1NC(=O)CN(C)Cc1ccco1)OCO2. The van der Waals surface area contributed by atoms with Crippen LogP contribution in [0.25, 0.3) is 0 Å². The standard InChI is InChI=1S/C17H18N2O5/c1-11(20)13-6-15-16(24-10-23-15)7-14(13)18-17(21)9-19(2)8-12-4-3-5-22-12/h3-7H,8-10H2,1-2H3,(H,18,21). The Morgan fingerprint density at radius 3 is 2.67 bits per heavy atom. The van der Waals surface area contributed by atoms with Crippen LogP contribution in [0.1, 0.15) is 23.0 Å². The molecule has 1 aromatic heterocycles. The molecule has 0 atom stereocenters. The maximum atomic E-state index is 12.3. The molecule has 0 bridgehead atoms. The van der Waals surface area contributed by atoms with Gasteiger partial charge in [0.05, 0.1) is 25.0 Å². The van der Waals surface area contributed by atoms with Crippen LogP contribution >= 0.6 is 0 Å². The van der Waals surface area contributed by atoms with Crippen LogP contribution in [0, 0.1) is 0 Å². The van der Waals surface area contributed by atoms with Gasteiger partial charge in [0.15, 0.2) is 17.3 Å². The number of hydrogen-bond acceptors (Lipinski definition) is 6. The normalized spacial score (nSPS) is 12.5. The molecule has 3 rings (SSSR count). The van der Waals surface area contributed by atoms with Gasteiger partial charge in [-0.3, -0.25) is 14.5 Å². The van der Waals surface area contributed by atoms with Crippen molar-refractivity contribution in [3.05, 3.63) is 41.9 Å². The number of benzene rings is 1. The number of furan rings is 1. The van der Waals surface area contributed by atoms with E-state index in [1.807, 2.05) is 18.0 Å². The van der Waals surface area contributed by atoms with Gasteiger partial charge in [0.25, 0.3) is 0 Å². The lowest BCUT2D eigenvalue weighted by atomic mass is 10.1. The van der Waals surface area contributed by atoms with E-state index in [9.17, 15) is 9.59 Å². The van der Waals surface area contributed by atoms with E-state index in [2.05, 4.69) is 5.32 Å². The maximum Gasteiger partial charge on any atom is 0.238 e. The van der Waals surface area contributed by atoms with Crippen LogP contribution in [-0.4, -0.2) is 37.0 Å². The number of amides is 1. The lowest BCUT2D eigenvalue weighted by Gasteiger charge is -2.16. The molecule has 0 saturated heterocycles. The number of anilines is 1. The first-order chi connectivity index (χ1) is 11.5. The first kappa shape index (κ1) is 16.1. The molecular weight excluding hydrogens is 312 g/mol. The fourth-order valence-corrected chi connectivity index (χ4v) is 2.50. The van der Waals surface area contributed by atoms with E-state index in [4.69, 9.17) is 13.9 Å². The molecule has 7 heteroatoms. The van der Waals surface area contributed by atoms with Crippen molar-refractivity contribution in [1.29, 1.82) is 0 Å². The lowest BCUT2D eigenvalue weighted by molar-refractivity contribution is -0.117. The second kappa shape index (κ2) is 6.76. The fourth-order valence-electron chi connectivity index (χ4n) is 2.50. The number of carbonyl (C=O) groups is 2. The molecule has 2 aromatic rings. The van der Waals surface area contributed by atoms with Crippen LogP contribution in [0.15, 0.2) is 34.9 Å². The third-order valence-electron chi connectivity index (χ3n) is 3.59. The summed E-state index contributed by atoms with van der Waals surface area (Å²) in [4.78, 5) is 25.9. The smallest absolute Gasteiger partial charge is 0.238 e. The zero-order valence-corrected chi connectivity index (χ0v) is 13.5. The molecule has 1 aliphatic heterocycles. The Morgan fingerprint density at radius 1 is 1.25 bits per heavy atom. The highest BCUT2D eigenvalue weighted by atomic mass is 16.7. The molecule has 1 aromatic carbocycles. The van der Waals surface area contributed by atoms with Gasteiger partial charge >= 0.3 is 0 Å². The first-order valence-corrected chi connectivity index (χ1v) is 7.48. The molecule has 7 nitrogen and oxygen atoms in total. The van der Waals surface area contributed by atoms with Gasteiger partial charge in [0.2, 0.25) is 12.7 Å². The molecule has 0 radical (unpaired) electrons. The van der Waals surface area contributed by atoms with Crippen molar-refractivity contribution in [2.24, 2.45) is 0 Å². The predicted octanol–water partition coefficient (Wildman–Crippen LogP) is 2.28. The second-order valence-electron chi connectivity index (χ2n) is 5.61. The predicted molar refractivity (Wildman–Crippen MR) is 86.2 cm³/mol. The van der Waals surface area contributed by atoms with E-state index >= 15 is 0 Å². The van der Waals surface area contributed by atoms with Crippen molar-refractivity contribution in [2.75, 3.05) is 25.7 Å². The van der Waals surface area contributed by atoms with E-state index in [0.29, 0.717) is 29.3 Å². The molecule has 0 unspecified atom stereocenters. The third kappa shape index (κ3) is 3.57. The molecular formula is C17H18N2O5. The van der Waals surface area contributed by atoms with E-state index in [-0.39, 0.29) is 25.0 Å². The number of ether oxygens (including phenoxy) is 2. The number of ketones is 1. The molecule has 1 amide bonds. The maximum absolute atomic E-state index is 12.3. The topological polar surface area (TPSA) is 81.0 Å². The van der Waals surface area contributed by atoms with Gasteiger partial charge in [-0.1, -0.05) is 0 Å². The van der Waals surface area contributed by atoms with Crippen molar-refractivity contribution in [1.82, 2.24) is 4.90 Å². The van der Waals surface area contributed by atoms with Crippen LogP contribution < -0.4 is 14.8 Å². The van der Waals surface area contributed by atoms with Gasteiger partial charge in [0, 0.05) is 11.6 Å². The minimum atomic E-state index is -0.231. The van der Waals surface area contributed by atoms with Gasteiger partial charge in [-0.15, -0.1) is 0 Å². The minimum absolute atomic E-state index is 0.107. The van der Waals surface area contributed by atoms with Crippen molar-refractivity contribution < 1.29 is 23.5 Å². The number of rotatable bonds is 6. The zero-order valence-electron chi connectivity index (χ0n) is 13.5. The number of carbonyl (C=O) groups excluding carboxylic acids is 2. The monoisotopic (exact) mass is 330 g/mol. The van der Waals surface area contributed by atoms with Crippen LogP contribution in [0.3, 0.4) is 0 Å². The van der Waals surface area contributed by atoms with E-state index in [1.54, 1.807) is 24.5 Å². The Labute approximate surface area is 139 Å². The van der Waals surface area contributed by atoms with Crippen LogP contribution in [0.4, 0.5) is 5.69 Å². The summed E-state index contributed by atoms with van der Waals surface area (Å²) >= 11 is 0. The number of nitrogens with zero attached hydrogens (tertiary/aromatic N) is 1. The zero-order chi connectivity index (χ0) is 17.1. The Balaban J connectivity index is 1.68. The summed E-state index contributed by atoms with van der Waals surface area (Å²) in [7, 11) is 1.81. The largest absolute Gasteiger partial charge is 0.468 e. The number of Topliss-reactive ketones (excluding diaryl/α,β-unsaturated/α-hetero) is 1. The Kier molecular flexibility index (Phi) is 4.52. The molecule has 2 heterocycles. The highest BCUT2D eigenvalue weighted by molar-refractivity contribution is 6.05. The minimum Gasteiger partial charge on any atom is -0.468 e. The molecule has 0 saturated carbocycles. The summed E-state index contributed by atoms with van der Waals surface area (Å²) in [5.41, 5.74) is 0.810. The van der Waals surface area contributed by atoms with E-state index in [1.165, 1.54) is 6.92 Å². The van der Waals surface area contributed by atoms with Crippen LogP contribution in [0.5, 0.6) is 11.5 Å². The summed E-state index contributed by atoms with van der Waals surface area (Å²) in [5, 5.41) is 2.76. The van der Waals surface area contributed by atoms with Gasteiger partial charge in [-0.25, -0.2) is 0 Å². The Bertz CT molecular complexity index is 755. The molecule has 126 valence electrons. The van der Waals surface area contributed by atoms with Crippen molar-refractivity contribution in [2.45, 2.75) is 13.5 Å². The van der Waals surface area contributed by atoms with Gasteiger partial charge < -0.3 is 19.2 Å². The molecule has 1 aliphatic rings. The van der Waals surface area contributed by atoms with Crippen LogP contribution in [-0.2, 0) is 11.3 Å². The van der Waals surface area contributed by atoms with Gasteiger partial charge in [-0.05, 0) is 32.2 Å². The van der Waals surface area contributed by atoms with Crippen molar-refractivity contribution in [3.8, 4) is 11.5 Å². The molecule has 1 N–H and O–H groups in total. The summed E-state index contributed by atoms with van der Waals surface area (Å²) in [6.07, 6.45) is 1.59. The second-order valence-corrected chi connectivity index (χ2v) is 5.61. The number of hydrogen-bond donors (Lipinski definition) is 1. The highest BCUT2D eigenvalue weighted by Gasteiger charge is 2.20. The third-order valence-corrected chi connectivity index (χ3v) is 3.59. The van der Waals surface area contributed by atoms with E-state index in [0.717, 1.165) is 5.76 Å². The quantitative estimate of drug-likeness (QED) is 0.819. The summed E-state index contributed by atoms with van der Waals surface area (Å²) in [6.45, 7) is 2.22. The van der Waals surface area contributed by atoms with Crippen molar-refractivity contribution >= 4 is 17.4 Å². The average Bonchev–Trinajstić information content (AvgIpc) is 3.16. The number of nitrogens with one attached hydrogen (secondary N) is 1. The first-order valence-electron chi connectivity index (χ1n) is 7.48. The molecule has 0 fully saturated rings. The lowest BCUT2D eigenvalue weighted by Crippen LogP contribution is -2.30. The fraction of sp³-hybridized carbons (Fsp3) is 0.294. The highest BCUT2D eigenvalue weighted by Crippen LogP contribution is 2.37. The molecule has 0 aliphatic carbocycles. The van der Waals surface area contributed by atoms with Crippen molar-refractivity contribution in [3.63, 3.8) is 0 Å². The van der Waals surface area contributed by atoms with Gasteiger partial charge in [0.1, 0.15) is 5.76 Å². The Hall–Kier alpha value is -2.80.